The zero-order valence-electron chi connectivity index (χ0n) is 10.8. The molecule has 0 aromatic heterocycles. The predicted octanol–water partition coefficient (Wildman–Crippen LogP) is 4.06. The van der Waals surface area contributed by atoms with Crippen LogP contribution in [-0.4, -0.2) is 18.0 Å². The summed E-state index contributed by atoms with van der Waals surface area (Å²) in [6.07, 6.45) is 3.15. The molecule has 2 rings (SSSR count). The monoisotopic (exact) mass is 332 g/mol. The predicted molar refractivity (Wildman–Crippen MR) is 82.2 cm³/mol. The second kappa shape index (κ2) is 6.39. The molecule has 0 aliphatic carbocycles. The first-order valence-electron chi connectivity index (χ1n) is 5.95. The molecule has 0 radical (unpaired) electrons. The van der Waals surface area contributed by atoms with Crippen LogP contribution in [0, 0.1) is 0 Å². The molecule has 4 heteroatoms. The lowest BCUT2D eigenvalue weighted by molar-refractivity contribution is 0.104. The Balaban J connectivity index is 2.25. The quantitative estimate of drug-likeness (QED) is 0.678. The Kier molecular flexibility index (Phi) is 4.58. The lowest BCUT2D eigenvalue weighted by Crippen LogP contribution is -1.94. The Morgan fingerprint density at radius 2 is 2.05 bits per heavy atom. The zero-order chi connectivity index (χ0) is 14.5. The number of rotatable bonds is 4. The first kappa shape index (κ1) is 14.3. The number of phenols is 1. The lowest BCUT2D eigenvalue weighted by atomic mass is 10.1. The highest BCUT2D eigenvalue weighted by molar-refractivity contribution is 9.10. The van der Waals surface area contributed by atoms with Crippen molar-refractivity contribution in [3.8, 4) is 11.5 Å². The van der Waals surface area contributed by atoms with Crippen LogP contribution in [0.3, 0.4) is 0 Å². The molecule has 3 nitrogen and oxygen atoms in total. The smallest absolute Gasteiger partial charge is 0.185 e. The average Bonchev–Trinajstić information content (AvgIpc) is 2.45. The molecule has 0 saturated carbocycles. The molecule has 0 amide bonds. The molecular weight excluding hydrogens is 320 g/mol. The Bertz CT molecular complexity index is 663. The van der Waals surface area contributed by atoms with Crippen LogP contribution in [-0.2, 0) is 0 Å². The Morgan fingerprint density at radius 1 is 1.25 bits per heavy atom. The number of methoxy groups -OCH3 is 1. The van der Waals surface area contributed by atoms with E-state index in [0.717, 1.165) is 10.0 Å². The van der Waals surface area contributed by atoms with Crippen molar-refractivity contribution in [3.63, 3.8) is 0 Å². The molecule has 0 aliphatic rings. The van der Waals surface area contributed by atoms with Gasteiger partial charge in [-0.05, 0) is 42.5 Å². The molecule has 0 atom stereocenters. The van der Waals surface area contributed by atoms with Crippen LogP contribution in [0.25, 0.3) is 6.08 Å². The first-order valence-corrected chi connectivity index (χ1v) is 6.74. The van der Waals surface area contributed by atoms with Crippen molar-refractivity contribution in [2.24, 2.45) is 0 Å². The van der Waals surface area contributed by atoms with E-state index in [0.29, 0.717) is 11.3 Å². The van der Waals surface area contributed by atoms with Gasteiger partial charge in [0.1, 0.15) is 11.5 Å². The van der Waals surface area contributed by atoms with Gasteiger partial charge in [-0.25, -0.2) is 0 Å². The van der Waals surface area contributed by atoms with E-state index in [2.05, 4.69) is 15.9 Å². The number of allylic oxidation sites excluding steroid dienone is 1. The molecule has 102 valence electrons. The van der Waals surface area contributed by atoms with Crippen LogP contribution in [0.15, 0.2) is 53.0 Å². The van der Waals surface area contributed by atoms with Gasteiger partial charge in [-0.2, -0.15) is 0 Å². The highest BCUT2D eigenvalue weighted by Crippen LogP contribution is 2.24. The molecule has 20 heavy (non-hydrogen) atoms. The van der Waals surface area contributed by atoms with Gasteiger partial charge in [0.25, 0.3) is 0 Å². The molecule has 0 unspecified atom stereocenters. The minimum Gasteiger partial charge on any atom is -0.508 e. The zero-order valence-corrected chi connectivity index (χ0v) is 12.4. The molecule has 0 saturated heterocycles. The number of carbonyl (C=O) groups is 1. The van der Waals surface area contributed by atoms with Crippen LogP contribution in [0.1, 0.15) is 15.9 Å². The summed E-state index contributed by atoms with van der Waals surface area (Å²) in [6.45, 7) is 0. The van der Waals surface area contributed by atoms with Gasteiger partial charge >= 0.3 is 0 Å². The van der Waals surface area contributed by atoms with Gasteiger partial charge in [0, 0.05) is 15.6 Å². The number of carbonyl (C=O) groups excluding carboxylic acids is 1. The van der Waals surface area contributed by atoms with E-state index in [-0.39, 0.29) is 11.5 Å². The largest absolute Gasteiger partial charge is 0.508 e. The van der Waals surface area contributed by atoms with Crippen molar-refractivity contribution < 1.29 is 14.6 Å². The van der Waals surface area contributed by atoms with Crippen molar-refractivity contribution in [1.82, 2.24) is 0 Å². The molecule has 2 aromatic carbocycles. The van der Waals surface area contributed by atoms with Gasteiger partial charge in [0.15, 0.2) is 5.78 Å². The minimum atomic E-state index is -0.178. The first-order chi connectivity index (χ1) is 9.60. The molecule has 0 aliphatic heterocycles. The van der Waals surface area contributed by atoms with Crippen LogP contribution >= 0.6 is 15.9 Å². The van der Waals surface area contributed by atoms with Crippen molar-refractivity contribution in [3.05, 3.63) is 64.1 Å². The van der Waals surface area contributed by atoms with E-state index in [1.807, 2.05) is 18.2 Å². The van der Waals surface area contributed by atoms with Gasteiger partial charge in [-0.15, -0.1) is 0 Å². The maximum Gasteiger partial charge on any atom is 0.185 e. The summed E-state index contributed by atoms with van der Waals surface area (Å²) in [6, 6.07) is 11.8. The number of benzene rings is 2. The van der Waals surface area contributed by atoms with E-state index in [4.69, 9.17) is 4.74 Å². The van der Waals surface area contributed by atoms with Gasteiger partial charge in [-0.3, -0.25) is 4.79 Å². The fourth-order valence-corrected chi connectivity index (χ4v) is 2.14. The Morgan fingerprint density at radius 3 is 2.75 bits per heavy atom. The van der Waals surface area contributed by atoms with Crippen LogP contribution in [0.4, 0.5) is 0 Å². The van der Waals surface area contributed by atoms with Crippen LogP contribution in [0.2, 0.25) is 0 Å². The average molecular weight is 333 g/mol. The van der Waals surface area contributed by atoms with E-state index >= 15 is 0 Å². The number of hydrogen-bond acceptors (Lipinski definition) is 3. The van der Waals surface area contributed by atoms with E-state index in [9.17, 15) is 9.90 Å². The molecular formula is C16H13BrO3. The van der Waals surface area contributed by atoms with Gasteiger partial charge in [-0.1, -0.05) is 28.1 Å². The van der Waals surface area contributed by atoms with E-state index < -0.39 is 0 Å². The third-order valence-corrected chi connectivity index (χ3v) is 3.23. The molecule has 0 spiro atoms. The summed E-state index contributed by atoms with van der Waals surface area (Å²) in [5, 5.41) is 9.36. The number of hydrogen-bond donors (Lipinski definition) is 1. The highest BCUT2D eigenvalue weighted by atomic mass is 79.9. The second-order valence-electron chi connectivity index (χ2n) is 4.13. The molecule has 0 heterocycles. The Hall–Kier alpha value is -2.07. The third kappa shape index (κ3) is 3.48. The summed E-state index contributed by atoms with van der Waals surface area (Å²) >= 11 is 3.38. The molecule has 2 aromatic rings. The van der Waals surface area contributed by atoms with Crippen molar-refractivity contribution >= 4 is 27.8 Å². The Labute approximate surface area is 125 Å². The maximum absolute atomic E-state index is 12.0. The molecule has 1 N–H and O–H groups in total. The fraction of sp³-hybridized carbons (Fsp3) is 0.0625. The van der Waals surface area contributed by atoms with Crippen LogP contribution in [0.5, 0.6) is 11.5 Å². The molecule has 0 fully saturated rings. The second-order valence-corrected chi connectivity index (χ2v) is 5.05. The minimum absolute atomic E-state index is 0.0734. The van der Waals surface area contributed by atoms with Gasteiger partial charge in [0.2, 0.25) is 0 Å². The highest BCUT2D eigenvalue weighted by Gasteiger charge is 2.04. The van der Waals surface area contributed by atoms with Gasteiger partial charge in [0.05, 0.1) is 7.11 Å². The standard InChI is InChI=1S/C16H13BrO3/c1-20-16-8-6-13(17)9-12(16)5-7-15(19)11-3-2-4-14(18)10-11/h2-10,18H,1H3. The SMILES string of the molecule is COc1ccc(Br)cc1C=CC(=O)c1cccc(O)c1. The number of ketones is 1. The summed E-state index contributed by atoms with van der Waals surface area (Å²) in [5.41, 5.74) is 1.24. The summed E-state index contributed by atoms with van der Waals surface area (Å²) < 4.78 is 6.14. The van der Waals surface area contributed by atoms with Crippen molar-refractivity contribution in [2.75, 3.05) is 7.11 Å². The lowest BCUT2D eigenvalue weighted by Gasteiger charge is -2.04. The van der Waals surface area contributed by atoms with Crippen molar-refractivity contribution in [2.45, 2.75) is 0 Å². The number of ether oxygens (including phenoxy) is 1. The number of aromatic hydroxyl groups is 1. The third-order valence-electron chi connectivity index (χ3n) is 2.74. The number of phenolic OH excluding ortho intramolecular Hbond substituents is 1. The summed E-state index contributed by atoms with van der Waals surface area (Å²) in [5.74, 6) is 0.584. The normalized spacial score (nSPS) is 10.7. The van der Waals surface area contributed by atoms with E-state index in [1.54, 1.807) is 25.3 Å². The number of halogens is 1. The van der Waals surface area contributed by atoms with Gasteiger partial charge < -0.3 is 9.84 Å². The fourth-order valence-electron chi connectivity index (χ4n) is 1.76. The van der Waals surface area contributed by atoms with Crippen molar-refractivity contribution in [1.29, 1.82) is 0 Å². The summed E-state index contributed by atoms with van der Waals surface area (Å²) in [7, 11) is 1.58. The summed E-state index contributed by atoms with van der Waals surface area (Å²) in [4.78, 5) is 12.0. The molecule has 0 bridgehead atoms. The maximum atomic E-state index is 12.0. The van der Waals surface area contributed by atoms with Crippen LogP contribution < -0.4 is 4.74 Å². The van der Waals surface area contributed by atoms with E-state index in [1.165, 1.54) is 18.2 Å². The topological polar surface area (TPSA) is 46.5 Å².